The lowest BCUT2D eigenvalue weighted by molar-refractivity contribution is -0.122. The number of hydrogen-bond acceptors (Lipinski definition) is 4. The van der Waals surface area contributed by atoms with Crippen molar-refractivity contribution in [3.8, 4) is 5.75 Å². The van der Waals surface area contributed by atoms with Crippen molar-refractivity contribution in [2.24, 2.45) is 0 Å². The molecule has 0 radical (unpaired) electrons. The monoisotopic (exact) mass is 457 g/mol. The Morgan fingerprint density at radius 1 is 0.912 bits per heavy atom. The molecule has 0 unspecified atom stereocenters. The molecule has 34 heavy (non-hydrogen) atoms. The number of nitrogens with one attached hydrogen (secondary N) is 1. The molecule has 1 heterocycles. The molecule has 6 heteroatoms. The summed E-state index contributed by atoms with van der Waals surface area (Å²) in [5.41, 5.74) is 2.55. The standard InChI is InChI=1S/C28H31N3O3/c1-20-12-11-13-21(2)25(20)30-27(33)28(17-8-4-9-18-28)31(23-15-5-6-16-24(23)34-3)26(32)22-14-7-10-19-29-22/h5-7,10-16,19H,4,8-9,17-18H2,1-3H3,(H,30,33). The van der Waals surface area contributed by atoms with Crippen LogP contribution in [0.15, 0.2) is 66.9 Å². The lowest BCUT2D eigenvalue weighted by atomic mass is 9.78. The summed E-state index contributed by atoms with van der Waals surface area (Å²) in [7, 11) is 1.58. The molecule has 1 N–H and O–H groups in total. The molecule has 1 aromatic heterocycles. The van der Waals surface area contributed by atoms with Crippen molar-refractivity contribution in [2.75, 3.05) is 17.3 Å². The summed E-state index contributed by atoms with van der Waals surface area (Å²) in [5.74, 6) is 0.0417. The van der Waals surface area contributed by atoms with E-state index in [4.69, 9.17) is 4.74 Å². The SMILES string of the molecule is COc1ccccc1N(C(=O)c1ccccn1)C1(C(=O)Nc2c(C)cccc2C)CCCCC1. The van der Waals surface area contributed by atoms with Crippen LogP contribution in [0.5, 0.6) is 5.75 Å². The zero-order valence-corrected chi connectivity index (χ0v) is 20.0. The third kappa shape index (κ3) is 4.40. The number of benzene rings is 2. The second-order valence-electron chi connectivity index (χ2n) is 8.84. The number of ether oxygens (including phenoxy) is 1. The molecular weight excluding hydrogens is 426 g/mol. The first-order valence-corrected chi connectivity index (χ1v) is 11.7. The average molecular weight is 458 g/mol. The second kappa shape index (κ2) is 10.1. The predicted octanol–water partition coefficient (Wildman–Crippen LogP) is 5.70. The molecule has 1 aliphatic rings. The number of aryl methyl sites for hydroxylation is 2. The number of para-hydroxylation sites is 3. The number of carbonyl (C=O) groups is 2. The number of hydrogen-bond donors (Lipinski definition) is 1. The van der Waals surface area contributed by atoms with Crippen LogP contribution in [-0.4, -0.2) is 29.4 Å². The number of methoxy groups -OCH3 is 1. The van der Waals surface area contributed by atoms with Gasteiger partial charge in [-0.25, -0.2) is 0 Å². The molecule has 1 fully saturated rings. The maximum Gasteiger partial charge on any atom is 0.277 e. The van der Waals surface area contributed by atoms with Gasteiger partial charge in [0.2, 0.25) is 0 Å². The smallest absolute Gasteiger partial charge is 0.277 e. The molecule has 4 rings (SSSR count). The van der Waals surface area contributed by atoms with Gasteiger partial charge in [0.15, 0.2) is 0 Å². The highest BCUT2D eigenvalue weighted by molar-refractivity contribution is 6.13. The molecule has 6 nitrogen and oxygen atoms in total. The summed E-state index contributed by atoms with van der Waals surface area (Å²) >= 11 is 0. The highest BCUT2D eigenvalue weighted by Crippen LogP contribution is 2.42. The molecule has 0 aliphatic heterocycles. The summed E-state index contributed by atoms with van der Waals surface area (Å²) in [6.07, 6.45) is 5.43. The lowest BCUT2D eigenvalue weighted by Crippen LogP contribution is -2.60. The zero-order valence-electron chi connectivity index (χ0n) is 20.0. The largest absolute Gasteiger partial charge is 0.495 e. The van der Waals surface area contributed by atoms with Gasteiger partial charge in [-0.05, 0) is 62.1 Å². The molecule has 3 aromatic rings. The molecule has 1 saturated carbocycles. The van der Waals surface area contributed by atoms with E-state index in [2.05, 4.69) is 10.3 Å². The van der Waals surface area contributed by atoms with Gasteiger partial charge in [-0.2, -0.15) is 0 Å². The van der Waals surface area contributed by atoms with Crippen LogP contribution in [0.1, 0.15) is 53.7 Å². The number of nitrogens with zero attached hydrogens (tertiary/aromatic N) is 2. The van der Waals surface area contributed by atoms with Crippen molar-refractivity contribution < 1.29 is 14.3 Å². The van der Waals surface area contributed by atoms with Crippen LogP contribution in [-0.2, 0) is 4.79 Å². The summed E-state index contributed by atoms with van der Waals surface area (Å²) in [6.45, 7) is 3.96. The Morgan fingerprint density at radius 3 is 2.24 bits per heavy atom. The van der Waals surface area contributed by atoms with E-state index in [1.165, 1.54) is 0 Å². The molecular formula is C28H31N3O3. The highest BCUT2D eigenvalue weighted by atomic mass is 16.5. The quantitative estimate of drug-likeness (QED) is 0.516. The molecule has 1 aliphatic carbocycles. The van der Waals surface area contributed by atoms with Gasteiger partial charge < -0.3 is 10.1 Å². The van der Waals surface area contributed by atoms with E-state index in [0.717, 1.165) is 36.1 Å². The van der Waals surface area contributed by atoms with E-state index in [9.17, 15) is 9.59 Å². The first kappa shape index (κ1) is 23.5. The number of rotatable bonds is 6. The number of aromatic nitrogens is 1. The zero-order chi connectivity index (χ0) is 24.1. The fourth-order valence-corrected chi connectivity index (χ4v) is 4.88. The van der Waals surface area contributed by atoms with E-state index >= 15 is 0 Å². The highest BCUT2D eigenvalue weighted by Gasteiger charge is 2.49. The van der Waals surface area contributed by atoms with Crippen molar-refractivity contribution in [1.29, 1.82) is 0 Å². The van der Waals surface area contributed by atoms with E-state index < -0.39 is 5.54 Å². The molecule has 2 amide bonds. The minimum atomic E-state index is -1.07. The second-order valence-corrected chi connectivity index (χ2v) is 8.84. The molecule has 176 valence electrons. The third-order valence-corrected chi connectivity index (χ3v) is 6.66. The van der Waals surface area contributed by atoms with Gasteiger partial charge in [0.1, 0.15) is 17.0 Å². The minimum absolute atomic E-state index is 0.181. The van der Waals surface area contributed by atoms with Crippen LogP contribution in [0.3, 0.4) is 0 Å². The predicted molar refractivity (Wildman–Crippen MR) is 134 cm³/mol. The first-order chi connectivity index (χ1) is 16.5. The number of carbonyl (C=O) groups excluding carboxylic acids is 2. The van der Waals surface area contributed by atoms with Gasteiger partial charge in [0.25, 0.3) is 11.8 Å². The Morgan fingerprint density at radius 2 is 1.59 bits per heavy atom. The summed E-state index contributed by atoms with van der Waals surface area (Å²) in [4.78, 5) is 34.2. The molecule has 0 spiro atoms. The van der Waals surface area contributed by atoms with Gasteiger partial charge in [0.05, 0.1) is 12.8 Å². The number of amides is 2. The fourth-order valence-electron chi connectivity index (χ4n) is 4.88. The normalized spacial score (nSPS) is 14.8. The van der Waals surface area contributed by atoms with Crippen molar-refractivity contribution in [2.45, 2.75) is 51.5 Å². The van der Waals surface area contributed by atoms with Crippen LogP contribution < -0.4 is 15.0 Å². The third-order valence-electron chi connectivity index (χ3n) is 6.66. The lowest BCUT2D eigenvalue weighted by Gasteiger charge is -2.45. The Hall–Kier alpha value is -3.67. The van der Waals surface area contributed by atoms with Crippen molar-refractivity contribution in [3.05, 3.63) is 83.7 Å². The average Bonchev–Trinajstić information content (AvgIpc) is 2.87. The molecule has 0 atom stereocenters. The summed E-state index contributed by atoms with van der Waals surface area (Å²) in [6, 6.07) is 18.5. The van der Waals surface area contributed by atoms with Crippen molar-refractivity contribution in [1.82, 2.24) is 4.98 Å². The van der Waals surface area contributed by atoms with E-state index in [1.807, 2.05) is 56.3 Å². The summed E-state index contributed by atoms with van der Waals surface area (Å²) < 4.78 is 5.64. The summed E-state index contributed by atoms with van der Waals surface area (Å²) in [5, 5.41) is 3.19. The maximum atomic E-state index is 14.2. The van der Waals surface area contributed by atoms with Crippen molar-refractivity contribution >= 4 is 23.2 Å². The molecule has 2 aromatic carbocycles. The van der Waals surface area contributed by atoms with Crippen molar-refractivity contribution in [3.63, 3.8) is 0 Å². The Kier molecular flexibility index (Phi) is 6.96. The number of anilines is 2. The van der Waals surface area contributed by atoms with E-state index in [0.29, 0.717) is 30.0 Å². The Bertz CT molecular complexity index is 1150. The molecule has 0 bridgehead atoms. The first-order valence-electron chi connectivity index (χ1n) is 11.7. The van der Waals surface area contributed by atoms with Gasteiger partial charge in [0, 0.05) is 11.9 Å². The van der Waals surface area contributed by atoms with Crippen LogP contribution in [0.4, 0.5) is 11.4 Å². The number of pyridine rings is 1. The van der Waals surface area contributed by atoms with Gasteiger partial charge >= 0.3 is 0 Å². The van der Waals surface area contributed by atoms with Crippen LogP contribution in [0.2, 0.25) is 0 Å². The van der Waals surface area contributed by atoms with Crippen LogP contribution in [0.25, 0.3) is 0 Å². The minimum Gasteiger partial charge on any atom is -0.495 e. The van der Waals surface area contributed by atoms with E-state index in [1.54, 1.807) is 36.4 Å². The topological polar surface area (TPSA) is 71.5 Å². The van der Waals surface area contributed by atoms with E-state index in [-0.39, 0.29) is 11.8 Å². The van der Waals surface area contributed by atoms with Crippen LogP contribution in [0, 0.1) is 13.8 Å². The Balaban J connectivity index is 1.87. The molecule has 0 saturated heterocycles. The fraction of sp³-hybridized carbons (Fsp3) is 0.321. The Labute approximate surface area is 201 Å². The van der Waals surface area contributed by atoms with Gasteiger partial charge in [-0.1, -0.05) is 55.7 Å². The van der Waals surface area contributed by atoms with Crippen LogP contribution >= 0.6 is 0 Å². The van der Waals surface area contributed by atoms with Gasteiger partial charge in [-0.15, -0.1) is 0 Å². The van der Waals surface area contributed by atoms with Gasteiger partial charge in [-0.3, -0.25) is 19.5 Å². The maximum absolute atomic E-state index is 14.2.